The van der Waals surface area contributed by atoms with Gasteiger partial charge in [0.15, 0.2) is 5.82 Å². The molecule has 23 heavy (non-hydrogen) atoms. The number of halogens is 2. The van der Waals surface area contributed by atoms with Crippen molar-refractivity contribution in [3.05, 3.63) is 42.4 Å². The van der Waals surface area contributed by atoms with E-state index in [1.807, 2.05) is 0 Å². The molecule has 0 spiro atoms. The maximum Gasteiger partial charge on any atom is 0.280 e. The van der Waals surface area contributed by atoms with E-state index in [2.05, 4.69) is 20.4 Å². The van der Waals surface area contributed by atoms with Gasteiger partial charge in [-0.05, 0) is 12.1 Å². The smallest absolute Gasteiger partial charge is 0.280 e. The van der Waals surface area contributed by atoms with Crippen molar-refractivity contribution >= 4 is 22.6 Å². The number of rotatable bonds is 4. The molecule has 0 atom stereocenters. The van der Waals surface area contributed by atoms with E-state index in [0.717, 1.165) is 0 Å². The molecule has 1 N–H and O–H groups in total. The van der Waals surface area contributed by atoms with Crippen LogP contribution in [0.5, 0.6) is 0 Å². The van der Waals surface area contributed by atoms with Crippen molar-refractivity contribution in [2.24, 2.45) is 0 Å². The monoisotopic (exact) mass is 317 g/mol. The van der Waals surface area contributed by atoms with Crippen molar-refractivity contribution in [2.45, 2.75) is 19.8 Å². The molecule has 3 heterocycles. The summed E-state index contributed by atoms with van der Waals surface area (Å²) in [7, 11) is 0. The number of anilines is 1. The van der Waals surface area contributed by atoms with E-state index < -0.39 is 6.43 Å². The zero-order chi connectivity index (χ0) is 16.4. The lowest BCUT2D eigenvalue weighted by molar-refractivity contribution is -0.115. The Bertz CT molecular complexity index is 862. The molecule has 0 unspecified atom stereocenters. The van der Waals surface area contributed by atoms with Gasteiger partial charge in [0.1, 0.15) is 11.5 Å². The van der Waals surface area contributed by atoms with Crippen LogP contribution >= 0.6 is 0 Å². The second kappa shape index (κ2) is 6.07. The van der Waals surface area contributed by atoms with Crippen LogP contribution in [0.15, 0.2) is 36.7 Å². The van der Waals surface area contributed by atoms with Gasteiger partial charge in [-0.2, -0.15) is 5.10 Å². The Morgan fingerprint density at radius 2 is 2.17 bits per heavy atom. The molecule has 8 heteroatoms. The number of amides is 1. The summed E-state index contributed by atoms with van der Waals surface area (Å²) in [6, 6.07) is 5.97. The molecular formula is C15H13F2N5O. The maximum atomic E-state index is 12.8. The fourth-order valence-corrected chi connectivity index (χ4v) is 2.08. The third-order valence-corrected chi connectivity index (χ3v) is 3.24. The standard InChI is InChI=1S/C15H13F2N5O/c1-2-14(23)21-12-6-11-9(7-18-12)8-19-22(11)13-5-3-4-10(20-13)15(16)17/h3-8,15H,2H2,1H3,(H,18,21,23). The first-order valence-electron chi connectivity index (χ1n) is 6.97. The summed E-state index contributed by atoms with van der Waals surface area (Å²) < 4.78 is 27.0. The van der Waals surface area contributed by atoms with Gasteiger partial charge in [-0.15, -0.1) is 0 Å². The molecule has 0 saturated heterocycles. The minimum Gasteiger partial charge on any atom is -0.311 e. The number of nitrogens with one attached hydrogen (secondary N) is 1. The van der Waals surface area contributed by atoms with Crippen LogP contribution in [0.4, 0.5) is 14.6 Å². The molecular weight excluding hydrogens is 304 g/mol. The number of fused-ring (bicyclic) bond motifs is 1. The number of nitrogens with zero attached hydrogens (tertiary/aromatic N) is 4. The van der Waals surface area contributed by atoms with Gasteiger partial charge < -0.3 is 5.32 Å². The van der Waals surface area contributed by atoms with Crippen molar-refractivity contribution in [3.63, 3.8) is 0 Å². The molecule has 0 aliphatic carbocycles. The molecule has 118 valence electrons. The van der Waals surface area contributed by atoms with E-state index in [0.29, 0.717) is 23.1 Å². The number of pyridine rings is 2. The highest BCUT2D eigenvalue weighted by molar-refractivity contribution is 5.91. The Labute approximate surface area is 130 Å². The Morgan fingerprint density at radius 1 is 1.35 bits per heavy atom. The van der Waals surface area contributed by atoms with Crippen molar-refractivity contribution in [3.8, 4) is 5.82 Å². The predicted octanol–water partition coefficient (Wildman–Crippen LogP) is 3.10. The second-order valence-corrected chi connectivity index (χ2v) is 4.81. The van der Waals surface area contributed by atoms with Gasteiger partial charge in [0.05, 0.1) is 11.7 Å². The summed E-state index contributed by atoms with van der Waals surface area (Å²) in [5, 5.41) is 7.53. The molecule has 0 aromatic carbocycles. The summed E-state index contributed by atoms with van der Waals surface area (Å²) in [6.07, 6.45) is 0.792. The Morgan fingerprint density at radius 3 is 2.91 bits per heavy atom. The predicted molar refractivity (Wildman–Crippen MR) is 80.5 cm³/mol. The van der Waals surface area contributed by atoms with Crippen LogP contribution < -0.4 is 5.32 Å². The van der Waals surface area contributed by atoms with Gasteiger partial charge in [0, 0.05) is 24.1 Å². The van der Waals surface area contributed by atoms with E-state index >= 15 is 0 Å². The van der Waals surface area contributed by atoms with Gasteiger partial charge in [-0.1, -0.05) is 13.0 Å². The number of carbonyl (C=O) groups is 1. The first kappa shape index (κ1) is 15.0. The highest BCUT2D eigenvalue weighted by atomic mass is 19.3. The third-order valence-electron chi connectivity index (χ3n) is 3.24. The lowest BCUT2D eigenvalue weighted by Crippen LogP contribution is -2.10. The maximum absolute atomic E-state index is 12.8. The first-order chi connectivity index (χ1) is 11.1. The number of hydrogen-bond donors (Lipinski definition) is 1. The fraction of sp³-hybridized carbons (Fsp3) is 0.200. The summed E-state index contributed by atoms with van der Waals surface area (Å²) in [5.41, 5.74) is 0.296. The molecule has 3 aromatic heterocycles. The highest BCUT2D eigenvalue weighted by Crippen LogP contribution is 2.22. The largest absolute Gasteiger partial charge is 0.311 e. The lowest BCUT2D eigenvalue weighted by Gasteiger charge is -2.06. The highest BCUT2D eigenvalue weighted by Gasteiger charge is 2.13. The van der Waals surface area contributed by atoms with Crippen molar-refractivity contribution in [1.82, 2.24) is 19.7 Å². The third kappa shape index (κ3) is 3.01. The molecule has 6 nitrogen and oxygen atoms in total. The van der Waals surface area contributed by atoms with Gasteiger partial charge in [0.25, 0.3) is 6.43 Å². The van der Waals surface area contributed by atoms with Crippen LogP contribution in [0, 0.1) is 0 Å². The summed E-state index contributed by atoms with van der Waals surface area (Å²) in [4.78, 5) is 19.5. The molecule has 0 fully saturated rings. The zero-order valence-electron chi connectivity index (χ0n) is 12.2. The average molecular weight is 317 g/mol. The van der Waals surface area contributed by atoms with Crippen LogP contribution in [0.25, 0.3) is 16.7 Å². The summed E-state index contributed by atoms with van der Waals surface area (Å²) >= 11 is 0. The molecule has 0 saturated carbocycles. The van der Waals surface area contributed by atoms with E-state index in [9.17, 15) is 13.6 Å². The molecule has 0 aliphatic rings. The number of hydrogen-bond acceptors (Lipinski definition) is 4. The average Bonchev–Trinajstić information content (AvgIpc) is 2.98. The van der Waals surface area contributed by atoms with Gasteiger partial charge in [-0.25, -0.2) is 23.4 Å². The molecule has 3 aromatic rings. The van der Waals surface area contributed by atoms with Crippen LogP contribution in [0.2, 0.25) is 0 Å². The van der Waals surface area contributed by atoms with E-state index in [1.54, 1.807) is 31.5 Å². The van der Waals surface area contributed by atoms with Crippen LogP contribution in [-0.2, 0) is 4.79 Å². The van der Waals surface area contributed by atoms with Gasteiger partial charge in [0.2, 0.25) is 5.91 Å². The lowest BCUT2D eigenvalue weighted by atomic mass is 10.3. The topological polar surface area (TPSA) is 72.7 Å². The number of alkyl halides is 2. The first-order valence-corrected chi connectivity index (χ1v) is 6.97. The number of aromatic nitrogens is 4. The van der Waals surface area contributed by atoms with Crippen LogP contribution in [-0.4, -0.2) is 25.7 Å². The molecule has 3 rings (SSSR count). The molecule has 0 bridgehead atoms. The number of carbonyl (C=O) groups excluding carboxylic acids is 1. The van der Waals surface area contributed by atoms with Gasteiger partial charge in [-0.3, -0.25) is 4.79 Å². The van der Waals surface area contributed by atoms with Crippen LogP contribution in [0.1, 0.15) is 25.5 Å². The van der Waals surface area contributed by atoms with Crippen LogP contribution in [0.3, 0.4) is 0 Å². The molecule has 1 amide bonds. The summed E-state index contributed by atoms with van der Waals surface area (Å²) in [6.45, 7) is 1.73. The molecule has 0 radical (unpaired) electrons. The van der Waals surface area contributed by atoms with Crippen molar-refractivity contribution < 1.29 is 13.6 Å². The van der Waals surface area contributed by atoms with Gasteiger partial charge >= 0.3 is 0 Å². The minimum atomic E-state index is -2.65. The fourth-order valence-electron chi connectivity index (χ4n) is 2.08. The van der Waals surface area contributed by atoms with E-state index in [-0.39, 0.29) is 17.4 Å². The zero-order valence-corrected chi connectivity index (χ0v) is 12.2. The normalized spacial score (nSPS) is 11.1. The Balaban J connectivity index is 2.05. The van der Waals surface area contributed by atoms with Crippen molar-refractivity contribution in [2.75, 3.05) is 5.32 Å². The summed E-state index contributed by atoms with van der Waals surface area (Å²) in [5.74, 6) is 0.480. The Hall–Kier alpha value is -2.90. The quantitative estimate of drug-likeness (QED) is 0.802. The molecule has 0 aliphatic heterocycles. The van der Waals surface area contributed by atoms with E-state index in [1.165, 1.54) is 16.8 Å². The SMILES string of the molecule is CCC(=O)Nc1cc2c(cn1)cnn2-c1cccc(C(F)F)n1. The van der Waals surface area contributed by atoms with Crippen molar-refractivity contribution in [1.29, 1.82) is 0 Å². The minimum absolute atomic E-state index is 0.166. The second-order valence-electron chi connectivity index (χ2n) is 4.81. The Kier molecular flexibility index (Phi) is 3.96. The van der Waals surface area contributed by atoms with E-state index in [4.69, 9.17) is 0 Å².